The molecule has 0 saturated carbocycles. The maximum absolute atomic E-state index is 12.1. The van der Waals surface area contributed by atoms with Gasteiger partial charge >= 0.3 is 6.09 Å². The number of fused-ring (bicyclic) bond motifs is 1. The molecule has 1 fully saturated rings. The first-order valence-electron chi connectivity index (χ1n) is 10.3. The summed E-state index contributed by atoms with van der Waals surface area (Å²) in [4.78, 5) is 35.6. The number of unbranched alkanes of at least 4 members (excludes halogenated alkanes) is 1. The summed E-state index contributed by atoms with van der Waals surface area (Å²) in [5.74, 6) is 1.35. The SMILES string of the molecule is CCCCOC(=O)N1CCN(c2cncc(-n3ccc4cc([N+](=O)[O-])ccc43)n2)CC1. The van der Waals surface area contributed by atoms with Crippen LogP contribution in [-0.4, -0.2) is 63.2 Å². The van der Waals surface area contributed by atoms with Gasteiger partial charge in [-0.25, -0.2) is 9.78 Å². The molecule has 3 heterocycles. The lowest BCUT2D eigenvalue weighted by atomic mass is 10.2. The predicted molar refractivity (Wildman–Crippen MR) is 116 cm³/mol. The van der Waals surface area contributed by atoms with Gasteiger partial charge in [-0.2, -0.15) is 0 Å². The van der Waals surface area contributed by atoms with Crippen molar-refractivity contribution < 1.29 is 14.5 Å². The topological polar surface area (TPSA) is 107 Å². The molecule has 4 rings (SSSR count). The third-order valence-electron chi connectivity index (χ3n) is 5.33. The van der Waals surface area contributed by atoms with Gasteiger partial charge in [0.15, 0.2) is 5.82 Å². The summed E-state index contributed by atoms with van der Waals surface area (Å²) in [5.41, 5.74) is 0.868. The average Bonchev–Trinajstić information content (AvgIpc) is 3.23. The van der Waals surface area contributed by atoms with Crippen LogP contribution < -0.4 is 4.90 Å². The van der Waals surface area contributed by atoms with Crippen LogP contribution in [0.4, 0.5) is 16.3 Å². The number of carbonyl (C=O) groups excluding carboxylic acids is 1. The molecule has 0 aliphatic carbocycles. The normalized spacial score (nSPS) is 14.1. The van der Waals surface area contributed by atoms with Gasteiger partial charge in [0.25, 0.3) is 5.69 Å². The molecule has 1 aromatic carbocycles. The van der Waals surface area contributed by atoms with E-state index in [1.54, 1.807) is 29.4 Å². The number of nitro benzene ring substituents is 1. The van der Waals surface area contributed by atoms with Crippen molar-refractivity contribution in [2.75, 3.05) is 37.7 Å². The van der Waals surface area contributed by atoms with Crippen molar-refractivity contribution in [3.8, 4) is 5.82 Å². The molecule has 1 aliphatic rings. The molecule has 162 valence electrons. The first kappa shape index (κ1) is 20.6. The van der Waals surface area contributed by atoms with Crippen LogP contribution in [0.3, 0.4) is 0 Å². The van der Waals surface area contributed by atoms with Crippen molar-refractivity contribution in [2.45, 2.75) is 19.8 Å². The summed E-state index contributed by atoms with van der Waals surface area (Å²) >= 11 is 0. The van der Waals surface area contributed by atoms with Crippen LogP contribution in [0, 0.1) is 10.1 Å². The zero-order valence-electron chi connectivity index (χ0n) is 17.3. The standard InChI is InChI=1S/C21H24N6O4/c1-2-3-12-31-21(28)25-10-8-24(9-11-25)19-14-22-15-20(23-19)26-7-6-16-13-17(27(29)30)4-5-18(16)26/h4-7,13-15H,2-3,8-12H2,1H3. The molecule has 0 unspecified atom stereocenters. The number of nitro groups is 1. The van der Waals surface area contributed by atoms with Gasteiger partial charge in [0.1, 0.15) is 5.82 Å². The van der Waals surface area contributed by atoms with Gasteiger partial charge < -0.3 is 14.5 Å². The second-order valence-corrected chi connectivity index (χ2v) is 7.36. The Balaban J connectivity index is 1.47. The summed E-state index contributed by atoms with van der Waals surface area (Å²) in [5, 5.41) is 11.8. The monoisotopic (exact) mass is 424 g/mol. The zero-order valence-corrected chi connectivity index (χ0v) is 17.3. The Morgan fingerprint density at radius 1 is 1.16 bits per heavy atom. The van der Waals surface area contributed by atoms with E-state index in [4.69, 9.17) is 9.72 Å². The van der Waals surface area contributed by atoms with Crippen LogP contribution in [0.2, 0.25) is 0 Å². The van der Waals surface area contributed by atoms with E-state index in [9.17, 15) is 14.9 Å². The minimum absolute atomic E-state index is 0.0520. The largest absolute Gasteiger partial charge is 0.449 e. The van der Waals surface area contributed by atoms with E-state index in [-0.39, 0.29) is 11.8 Å². The molecule has 10 nitrogen and oxygen atoms in total. The molecule has 0 spiro atoms. The van der Waals surface area contributed by atoms with Crippen molar-refractivity contribution >= 4 is 28.5 Å². The van der Waals surface area contributed by atoms with Crippen LogP contribution in [0.15, 0.2) is 42.9 Å². The Hall–Kier alpha value is -3.69. The number of rotatable bonds is 6. The Morgan fingerprint density at radius 2 is 1.94 bits per heavy atom. The van der Waals surface area contributed by atoms with Crippen molar-refractivity contribution in [2.24, 2.45) is 0 Å². The Kier molecular flexibility index (Phi) is 5.96. The molecular weight excluding hydrogens is 400 g/mol. The maximum Gasteiger partial charge on any atom is 0.409 e. The highest BCUT2D eigenvalue weighted by atomic mass is 16.6. The maximum atomic E-state index is 12.1. The number of carbonyl (C=O) groups is 1. The number of hydrogen-bond acceptors (Lipinski definition) is 7. The van der Waals surface area contributed by atoms with Gasteiger partial charge in [0.05, 0.1) is 29.4 Å². The highest BCUT2D eigenvalue weighted by molar-refractivity contribution is 5.84. The first-order valence-corrected chi connectivity index (χ1v) is 10.3. The summed E-state index contributed by atoms with van der Waals surface area (Å²) in [7, 11) is 0. The van der Waals surface area contributed by atoms with Crippen LogP contribution in [0.5, 0.6) is 0 Å². The van der Waals surface area contributed by atoms with Crippen LogP contribution >= 0.6 is 0 Å². The molecule has 3 aromatic rings. The lowest BCUT2D eigenvalue weighted by Crippen LogP contribution is -2.49. The van der Waals surface area contributed by atoms with Crippen LogP contribution in [0.1, 0.15) is 19.8 Å². The van der Waals surface area contributed by atoms with Gasteiger partial charge in [-0.15, -0.1) is 0 Å². The summed E-state index contributed by atoms with van der Waals surface area (Å²) < 4.78 is 7.15. The number of nitrogens with zero attached hydrogens (tertiary/aromatic N) is 6. The second-order valence-electron chi connectivity index (χ2n) is 7.36. The second kappa shape index (κ2) is 8.99. The lowest BCUT2D eigenvalue weighted by molar-refractivity contribution is -0.384. The fourth-order valence-corrected chi connectivity index (χ4v) is 3.57. The summed E-state index contributed by atoms with van der Waals surface area (Å²) in [6, 6.07) is 6.56. The highest BCUT2D eigenvalue weighted by Crippen LogP contribution is 2.25. The molecular formula is C21H24N6O4. The predicted octanol–water partition coefficient (Wildman–Crippen LogP) is 3.39. The van der Waals surface area contributed by atoms with Crippen molar-refractivity contribution in [3.63, 3.8) is 0 Å². The van der Waals surface area contributed by atoms with Crippen LogP contribution in [0.25, 0.3) is 16.7 Å². The van der Waals surface area contributed by atoms with Crippen molar-refractivity contribution in [1.29, 1.82) is 0 Å². The minimum atomic E-state index is -0.406. The molecule has 31 heavy (non-hydrogen) atoms. The number of ether oxygens (including phenoxy) is 1. The number of amides is 1. The Labute approximate surface area is 179 Å². The fraction of sp³-hybridized carbons (Fsp3) is 0.381. The molecule has 0 N–H and O–H groups in total. The van der Waals surface area contributed by atoms with E-state index in [0.717, 1.165) is 29.6 Å². The fourth-order valence-electron chi connectivity index (χ4n) is 3.57. The quantitative estimate of drug-likeness (QED) is 0.339. The van der Waals surface area contributed by atoms with Gasteiger partial charge in [0.2, 0.25) is 0 Å². The molecule has 1 saturated heterocycles. The zero-order chi connectivity index (χ0) is 21.8. The van der Waals surface area contributed by atoms with E-state index in [0.29, 0.717) is 38.6 Å². The molecule has 2 aromatic heterocycles. The Morgan fingerprint density at radius 3 is 2.68 bits per heavy atom. The number of benzene rings is 1. The van der Waals surface area contributed by atoms with E-state index in [1.807, 2.05) is 16.8 Å². The third-order valence-corrected chi connectivity index (χ3v) is 5.33. The van der Waals surface area contributed by atoms with Gasteiger partial charge in [0, 0.05) is 49.9 Å². The van der Waals surface area contributed by atoms with Gasteiger partial charge in [-0.3, -0.25) is 19.7 Å². The minimum Gasteiger partial charge on any atom is -0.449 e. The van der Waals surface area contributed by atoms with Crippen LogP contribution in [-0.2, 0) is 4.74 Å². The molecule has 1 aliphatic heterocycles. The number of piperazine rings is 1. The molecule has 10 heteroatoms. The van der Waals surface area contributed by atoms with Crippen molar-refractivity contribution in [1.82, 2.24) is 19.4 Å². The van der Waals surface area contributed by atoms with Crippen molar-refractivity contribution in [3.05, 3.63) is 53.0 Å². The van der Waals surface area contributed by atoms with Gasteiger partial charge in [-0.1, -0.05) is 13.3 Å². The molecule has 0 radical (unpaired) electrons. The number of hydrogen-bond donors (Lipinski definition) is 0. The van der Waals surface area contributed by atoms with Gasteiger partial charge in [-0.05, 0) is 18.6 Å². The highest BCUT2D eigenvalue weighted by Gasteiger charge is 2.23. The first-order chi connectivity index (χ1) is 15.1. The summed E-state index contributed by atoms with van der Waals surface area (Å²) in [6.45, 7) is 4.92. The van der Waals surface area contributed by atoms with E-state index in [1.165, 1.54) is 6.07 Å². The molecule has 1 amide bonds. The number of anilines is 1. The summed E-state index contributed by atoms with van der Waals surface area (Å²) in [6.07, 6.45) is 6.79. The molecule has 0 bridgehead atoms. The van der Waals surface area contributed by atoms with E-state index >= 15 is 0 Å². The van der Waals surface area contributed by atoms with E-state index < -0.39 is 4.92 Å². The van der Waals surface area contributed by atoms with E-state index in [2.05, 4.69) is 16.8 Å². The number of non-ortho nitro benzene ring substituents is 1. The Bertz CT molecular complexity index is 1090. The molecule has 0 atom stereocenters. The smallest absolute Gasteiger partial charge is 0.409 e. The third kappa shape index (κ3) is 4.42. The lowest BCUT2D eigenvalue weighted by Gasteiger charge is -2.34. The number of aromatic nitrogens is 3. The average molecular weight is 424 g/mol.